The van der Waals surface area contributed by atoms with Gasteiger partial charge in [0.05, 0.1) is 24.1 Å². The van der Waals surface area contributed by atoms with Crippen molar-refractivity contribution in [3.63, 3.8) is 0 Å². The molecule has 0 aromatic heterocycles. The zero-order valence-corrected chi connectivity index (χ0v) is 17.4. The Morgan fingerprint density at radius 2 is 1.40 bits per heavy atom. The fraction of sp³-hybridized carbons (Fsp3) is 0.0435. The molecule has 0 aliphatic carbocycles. The minimum absolute atomic E-state index is 0.154. The van der Waals surface area contributed by atoms with Gasteiger partial charge in [-0.1, -0.05) is 47.5 Å². The van der Waals surface area contributed by atoms with Gasteiger partial charge in [-0.05, 0) is 54.1 Å². The van der Waals surface area contributed by atoms with Crippen LogP contribution >= 0.6 is 23.2 Å². The quantitative estimate of drug-likeness (QED) is 0.541. The Balaban J connectivity index is 1.83. The molecule has 0 radical (unpaired) electrons. The molecular formula is C23H16Cl2N2O3. The Morgan fingerprint density at radius 1 is 0.800 bits per heavy atom. The zero-order valence-electron chi connectivity index (χ0n) is 15.9. The normalized spacial score (nSPS) is 13.8. The van der Waals surface area contributed by atoms with E-state index in [0.29, 0.717) is 32.7 Å². The number of anilines is 2. The number of nitrogens with one attached hydrogen (secondary N) is 1. The molecule has 0 bridgehead atoms. The highest BCUT2D eigenvalue weighted by Crippen LogP contribution is 2.36. The van der Waals surface area contributed by atoms with E-state index in [1.807, 2.05) is 12.1 Å². The van der Waals surface area contributed by atoms with Gasteiger partial charge < -0.3 is 10.1 Å². The third-order valence-corrected chi connectivity index (χ3v) is 5.17. The van der Waals surface area contributed by atoms with E-state index in [1.54, 1.807) is 60.7 Å². The molecule has 0 spiro atoms. The van der Waals surface area contributed by atoms with E-state index in [2.05, 4.69) is 5.32 Å². The Morgan fingerprint density at radius 3 is 2.03 bits per heavy atom. The molecule has 1 N–H and O–H groups in total. The summed E-state index contributed by atoms with van der Waals surface area (Å²) in [5, 5.41) is 4.14. The lowest BCUT2D eigenvalue weighted by molar-refractivity contribution is -0.120. The summed E-state index contributed by atoms with van der Waals surface area (Å²) >= 11 is 12.0. The van der Waals surface area contributed by atoms with Gasteiger partial charge in [0.15, 0.2) is 0 Å². The predicted octanol–water partition coefficient (Wildman–Crippen LogP) is 5.40. The van der Waals surface area contributed by atoms with Gasteiger partial charge in [-0.3, -0.25) is 9.59 Å². The third-order valence-electron chi connectivity index (χ3n) is 4.67. The summed E-state index contributed by atoms with van der Waals surface area (Å²) in [7, 11) is 1.54. The van der Waals surface area contributed by atoms with E-state index in [-0.39, 0.29) is 11.3 Å². The van der Waals surface area contributed by atoms with E-state index in [4.69, 9.17) is 27.9 Å². The van der Waals surface area contributed by atoms with Gasteiger partial charge in [0.2, 0.25) is 0 Å². The van der Waals surface area contributed by atoms with Crippen molar-refractivity contribution in [3.05, 3.63) is 94.1 Å². The van der Waals surface area contributed by atoms with Crippen molar-refractivity contribution >= 4 is 52.0 Å². The number of hydrogen-bond donors (Lipinski definition) is 1. The summed E-state index contributed by atoms with van der Waals surface area (Å²) in [6, 6.07) is 20.4. The van der Waals surface area contributed by atoms with Crippen LogP contribution in [0.15, 0.2) is 78.5 Å². The summed E-state index contributed by atoms with van der Waals surface area (Å²) < 4.78 is 5.37. The maximum Gasteiger partial charge on any atom is 0.282 e. The van der Waals surface area contributed by atoms with Crippen LogP contribution in [0.25, 0.3) is 5.57 Å². The molecule has 7 heteroatoms. The first kappa shape index (κ1) is 20.0. The average Bonchev–Trinajstić information content (AvgIpc) is 2.99. The fourth-order valence-corrected chi connectivity index (χ4v) is 3.49. The number of imide groups is 1. The molecule has 30 heavy (non-hydrogen) atoms. The first-order valence-electron chi connectivity index (χ1n) is 9.04. The number of amides is 2. The van der Waals surface area contributed by atoms with Crippen LogP contribution in [0.3, 0.4) is 0 Å². The number of carbonyl (C=O) groups excluding carboxylic acids is 2. The van der Waals surface area contributed by atoms with Crippen LogP contribution in [0, 0.1) is 0 Å². The number of nitrogens with zero attached hydrogens (tertiary/aromatic N) is 1. The maximum absolute atomic E-state index is 13.4. The second kappa shape index (κ2) is 8.22. The van der Waals surface area contributed by atoms with Crippen LogP contribution in [0.2, 0.25) is 10.0 Å². The monoisotopic (exact) mass is 438 g/mol. The zero-order chi connectivity index (χ0) is 21.3. The Hall–Kier alpha value is -3.28. The standard InChI is InChI=1S/C23H16Cl2N2O3/c1-30-19-5-3-2-4-18(19)26-21-20(14-6-8-15(24)9-7-14)22(28)27(23(21)29)17-12-10-16(25)11-13-17/h2-13,26H,1H3. The Labute approximate surface area is 183 Å². The molecule has 0 atom stereocenters. The summed E-state index contributed by atoms with van der Waals surface area (Å²) in [6.07, 6.45) is 0. The van der Waals surface area contributed by atoms with Gasteiger partial charge in [-0.25, -0.2) is 4.90 Å². The SMILES string of the molecule is COc1ccccc1NC1=C(c2ccc(Cl)cc2)C(=O)N(c2ccc(Cl)cc2)C1=O. The van der Waals surface area contributed by atoms with Crippen LogP contribution in [0.4, 0.5) is 11.4 Å². The number of carbonyl (C=O) groups is 2. The van der Waals surface area contributed by atoms with E-state index in [1.165, 1.54) is 7.11 Å². The summed E-state index contributed by atoms with van der Waals surface area (Å²) in [6.45, 7) is 0. The fourth-order valence-electron chi connectivity index (χ4n) is 3.24. The highest BCUT2D eigenvalue weighted by atomic mass is 35.5. The third kappa shape index (κ3) is 3.65. The number of hydrogen-bond acceptors (Lipinski definition) is 4. The molecule has 3 aromatic carbocycles. The van der Waals surface area contributed by atoms with Crippen LogP contribution in [0.5, 0.6) is 5.75 Å². The summed E-state index contributed by atoms with van der Waals surface area (Å²) in [5.74, 6) is -0.370. The molecule has 0 unspecified atom stereocenters. The van der Waals surface area contributed by atoms with E-state index >= 15 is 0 Å². The van der Waals surface area contributed by atoms with E-state index in [0.717, 1.165) is 4.90 Å². The molecule has 5 nitrogen and oxygen atoms in total. The molecule has 0 fully saturated rings. The lowest BCUT2D eigenvalue weighted by atomic mass is 10.0. The number of ether oxygens (including phenoxy) is 1. The highest BCUT2D eigenvalue weighted by molar-refractivity contribution is 6.46. The second-order valence-electron chi connectivity index (χ2n) is 6.50. The van der Waals surface area contributed by atoms with Crippen molar-refractivity contribution in [2.75, 3.05) is 17.3 Å². The van der Waals surface area contributed by atoms with Gasteiger partial charge >= 0.3 is 0 Å². The number of rotatable bonds is 5. The van der Waals surface area contributed by atoms with Gasteiger partial charge in [0.25, 0.3) is 11.8 Å². The smallest absolute Gasteiger partial charge is 0.282 e. The van der Waals surface area contributed by atoms with Gasteiger partial charge in [-0.2, -0.15) is 0 Å². The minimum atomic E-state index is -0.474. The second-order valence-corrected chi connectivity index (χ2v) is 7.38. The Kier molecular flexibility index (Phi) is 5.48. The molecule has 150 valence electrons. The van der Waals surface area contributed by atoms with Crippen molar-refractivity contribution < 1.29 is 14.3 Å². The van der Waals surface area contributed by atoms with Crippen LogP contribution in [-0.4, -0.2) is 18.9 Å². The average molecular weight is 439 g/mol. The highest BCUT2D eigenvalue weighted by Gasteiger charge is 2.40. The number of benzene rings is 3. The van der Waals surface area contributed by atoms with Crippen molar-refractivity contribution in [2.24, 2.45) is 0 Å². The summed E-state index contributed by atoms with van der Waals surface area (Å²) in [5.41, 5.74) is 1.98. The van der Waals surface area contributed by atoms with Crippen LogP contribution < -0.4 is 15.0 Å². The molecule has 1 aliphatic heterocycles. The molecule has 0 saturated carbocycles. The van der Waals surface area contributed by atoms with Crippen molar-refractivity contribution in [1.82, 2.24) is 0 Å². The lowest BCUT2D eigenvalue weighted by Gasteiger charge is -2.16. The van der Waals surface area contributed by atoms with E-state index in [9.17, 15) is 9.59 Å². The first-order valence-corrected chi connectivity index (χ1v) is 9.80. The number of methoxy groups -OCH3 is 1. The van der Waals surface area contributed by atoms with E-state index < -0.39 is 11.8 Å². The summed E-state index contributed by atoms with van der Waals surface area (Å²) in [4.78, 5) is 27.8. The Bertz CT molecular complexity index is 1160. The first-order chi connectivity index (χ1) is 14.5. The largest absolute Gasteiger partial charge is 0.495 e. The van der Waals surface area contributed by atoms with Gasteiger partial charge in [-0.15, -0.1) is 0 Å². The van der Waals surface area contributed by atoms with Crippen molar-refractivity contribution in [3.8, 4) is 5.75 Å². The van der Waals surface area contributed by atoms with Gasteiger partial charge in [0.1, 0.15) is 11.4 Å². The predicted molar refractivity (Wildman–Crippen MR) is 119 cm³/mol. The van der Waals surface area contributed by atoms with Crippen molar-refractivity contribution in [2.45, 2.75) is 0 Å². The lowest BCUT2D eigenvalue weighted by Crippen LogP contribution is -2.32. The molecule has 4 rings (SSSR count). The molecule has 1 aliphatic rings. The molecule has 3 aromatic rings. The minimum Gasteiger partial charge on any atom is -0.495 e. The molecular weight excluding hydrogens is 423 g/mol. The molecule has 0 saturated heterocycles. The van der Waals surface area contributed by atoms with Crippen molar-refractivity contribution in [1.29, 1.82) is 0 Å². The number of halogens is 2. The molecule has 2 amide bonds. The molecule has 1 heterocycles. The number of para-hydroxylation sites is 2. The maximum atomic E-state index is 13.4. The van der Waals surface area contributed by atoms with Gasteiger partial charge in [0, 0.05) is 10.0 Å². The topological polar surface area (TPSA) is 58.6 Å². The van der Waals surface area contributed by atoms with Crippen LogP contribution in [0.1, 0.15) is 5.56 Å². The van der Waals surface area contributed by atoms with Crippen LogP contribution in [-0.2, 0) is 9.59 Å².